The van der Waals surface area contributed by atoms with Gasteiger partial charge in [0.15, 0.2) is 0 Å². The van der Waals surface area contributed by atoms with Gasteiger partial charge in [0.05, 0.1) is 27.4 Å². The minimum Gasteiger partial charge on any atom is -0.496 e. The lowest BCUT2D eigenvalue weighted by atomic mass is 9.94. The number of benzene rings is 1. The van der Waals surface area contributed by atoms with Crippen LogP contribution in [0.25, 0.3) is 0 Å². The molecule has 1 heterocycles. The smallest absolute Gasteiger partial charge is 0.410 e. The number of aliphatic hydroxyl groups excluding tert-OH is 1. The van der Waals surface area contributed by atoms with Gasteiger partial charge in [-0.05, 0) is 32.4 Å². The molecule has 2 rings (SSSR count). The van der Waals surface area contributed by atoms with Gasteiger partial charge in [0, 0.05) is 36.4 Å². The number of carbonyl (C=O) groups is 1. The third-order valence-electron chi connectivity index (χ3n) is 4.29. The molecule has 1 aliphatic rings. The number of rotatable bonds is 8. The predicted molar refractivity (Wildman–Crippen MR) is 94.1 cm³/mol. The van der Waals surface area contributed by atoms with Crippen LogP contribution in [0.15, 0.2) is 6.07 Å². The molecule has 0 aromatic heterocycles. The normalized spacial score (nSPS) is 13.4. The average molecular weight is 352 g/mol. The first kappa shape index (κ1) is 19.3. The Morgan fingerprint density at radius 1 is 1.32 bits per heavy atom. The van der Waals surface area contributed by atoms with E-state index in [4.69, 9.17) is 19.3 Å². The highest BCUT2D eigenvalue weighted by atomic mass is 16.6. The van der Waals surface area contributed by atoms with Gasteiger partial charge in [-0.15, -0.1) is 0 Å². The van der Waals surface area contributed by atoms with Crippen LogP contribution in [0, 0.1) is 0 Å². The summed E-state index contributed by atoms with van der Waals surface area (Å²) >= 11 is 0. The van der Waals surface area contributed by atoms with Crippen molar-refractivity contribution in [3.05, 3.63) is 22.8 Å². The van der Waals surface area contributed by atoms with Crippen LogP contribution in [0.2, 0.25) is 0 Å². The molecule has 25 heavy (non-hydrogen) atoms. The summed E-state index contributed by atoms with van der Waals surface area (Å²) < 4.78 is 16.3. The van der Waals surface area contributed by atoms with Crippen LogP contribution >= 0.6 is 0 Å². The Morgan fingerprint density at radius 3 is 2.76 bits per heavy atom. The van der Waals surface area contributed by atoms with Crippen LogP contribution in [0.1, 0.15) is 30.0 Å². The predicted octanol–water partition coefficient (Wildman–Crippen LogP) is 1.69. The lowest BCUT2D eigenvalue weighted by molar-refractivity contribution is 0.102. The van der Waals surface area contributed by atoms with Crippen molar-refractivity contribution in [1.82, 2.24) is 10.2 Å². The number of carbonyl (C=O) groups excluding carboxylic acids is 1. The zero-order valence-electron chi connectivity index (χ0n) is 15.3. The van der Waals surface area contributed by atoms with Crippen LogP contribution in [0.5, 0.6) is 11.5 Å². The molecule has 0 spiro atoms. The molecule has 0 aliphatic carbocycles. The quantitative estimate of drug-likeness (QED) is 0.693. The molecule has 0 bridgehead atoms. The Bertz CT molecular complexity index is 591. The molecule has 140 valence electrons. The molecule has 0 atom stereocenters. The Hall–Kier alpha value is -1.99. The molecule has 0 fully saturated rings. The highest BCUT2D eigenvalue weighted by molar-refractivity contribution is 5.69. The maximum Gasteiger partial charge on any atom is 0.410 e. The van der Waals surface area contributed by atoms with Gasteiger partial charge in [-0.1, -0.05) is 0 Å². The van der Waals surface area contributed by atoms with Crippen molar-refractivity contribution in [3.8, 4) is 11.5 Å². The van der Waals surface area contributed by atoms with Gasteiger partial charge in [0.2, 0.25) is 0 Å². The van der Waals surface area contributed by atoms with E-state index in [0.717, 1.165) is 34.7 Å². The molecule has 1 amide bonds. The molecule has 2 N–H and O–H groups in total. The lowest BCUT2D eigenvalue weighted by Gasteiger charge is -2.31. The molecule has 1 aromatic carbocycles. The van der Waals surface area contributed by atoms with Crippen molar-refractivity contribution in [2.45, 2.75) is 32.9 Å². The summed E-state index contributed by atoms with van der Waals surface area (Å²) in [5.41, 5.74) is 3.07. The molecule has 7 heteroatoms. The van der Waals surface area contributed by atoms with Gasteiger partial charge in [-0.2, -0.15) is 0 Å². The Kier molecular flexibility index (Phi) is 7.33. The highest BCUT2D eigenvalue weighted by Gasteiger charge is 2.28. The summed E-state index contributed by atoms with van der Waals surface area (Å²) in [5, 5.41) is 12.2. The third-order valence-corrected chi connectivity index (χ3v) is 4.29. The van der Waals surface area contributed by atoms with Crippen LogP contribution < -0.4 is 14.8 Å². The fourth-order valence-corrected chi connectivity index (χ4v) is 3.11. The second kappa shape index (κ2) is 9.48. The maximum absolute atomic E-state index is 12.0. The number of fused-ring (bicyclic) bond motifs is 1. The SMILES string of the molecule is CCOC(=O)N1CCc2c(c(OC)cc(CNCCCO)c2OC)C1. The summed E-state index contributed by atoms with van der Waals surface area (Å²) in [4.78, 5) is 13.7. The fourth-order valence-electron chi connectivity index (χ4n) is 3.11. The first-order chi connectivity index (χ1) is 12.2. The van der Waals surface area contributed by atoms with Crippen LogP contribution in [-0.2, 0) is 24.2 Å². The Labute approximate surface area is 148 Å². The number of aliphatic hydroxyl groups is 1. The minimum atomic E-state index is -0.302. The molecular formula is C18H28N2O5. The minimum absolute atomic E-state index is 0.168. The topological polar surface area (TPSA) is 80.3 Å². The van der Waals surface area contributed by atoms with Gasteiger partial charge in [-0.3, -0.25) is 0 Å². The van der Waals surface area contributed by atoms with E-state index in [1.165, 1.54) is 0 Å². The first-order valence-electron chi connectivity index (χ1n) is 8.65. The fraction of sp³-hybridized carbons (Fsp3) is 0.611. The van der Waals surface area contributed by atoms with E-state index >= 15 is 0 Å². The first-order valence-corrected chi connectivity index (χ1v) is 8.65. The summed E-state index contributed by atoms with van der Waals surface area (Å²) in [6.45, 7) is 4.74. The van der Waals surface area contributed by atoms with E-state index in [-0.39, 0.29) is 12.7 Å². The van der Waals surface area contributed by atoms with E-state index in [1.54, 1.807) is 26.0 Å². The van der Waals surface area contributed by atoms with Gasteiger partial charge in [0.1, 0.15) is 11.5 Å². The van der Waals surface area contributed by atoms with Crippen molar-refractivity contribution < 1.29 is 24.1 Å². The van der Waals surface area contributed by atoms with Gasteiger partial charge in [0.25, 0.3) is 0 Å². The largest absolute Gasteiger partial charge is 0.496 e. The van der Waals surface area contributed by atoms with Crippen LogP contribution in [0.3, 0.4) is 0 Å². The molecule has 1 aromatic rings. The molecular weight excluding hydrogens is 324 g/mol. The van der Waals surface area contributed by atoms with Gasteiger partial charge >= 0.3 is 6.09 Å². The number of hydrogen-bond acceptors (Lipinski definition) is 6. The number of hydrogen-bond donors (Lipinski definition) is 2. The summed E-state index contributed by atoms with van der Waals surface area (Å²) in [6.07, 6.45) is 1.10. The van der Waals surface area contributed by atoms with Crippen molar-refractivity contribution >= 4 is 6.09 Å². The molecule has 0 saturated heterocycles. The number of nitrogens with zero attached hydrogens (tertiary/aromatic N) is 1. The zero-order valence-corrected chi connectivity index (χ0v) is 15.3. The van der Waals surface area contributed by atoms with E-state index < -0.39 is 0 Å². The maximum atomic E-state index is 12.0. The van der Waals surface area contributed by atoms with E-state index in [0.29, 0.717) is 39.1 Å². The molecule has 0 unspecified atom stereocenters. The third kappa shape index (κ3) is 4.55. The summed E-state index contributed by atoms with van der Waals surface area (Å²) in [7, 11) is 3.30. The summed E-state index contributed by atoms with van der Waals surface area (Å²) in [5.74, 6) is 1.60. The zero-order chi connectivity index (χ0) is 18.2. The number of ether oxygens (including phenoxy) is 3. The van der Waals surface area contributed by atoms with E-state index in [9.17, 15) is 4.79 Å². The molecule has 1 aliphatic heterocycles. The number of amides is 1. The van der Waals surface area contributed by atoms with E-state index in [1.807, 2.05) is 6.07 Å². The second-order valence-corrected chi connectivity index (χ2v) is 5.85. The van der Waals surface area contributed by atoms with Gasteiger partial charge in [-0.25, -0.2) is 4.79 Å². The lowest BCUT2D eigenvalue weighted by Crippen LogP contribution is -2.37. The molecule has 0 radical (unpaired) electrons. The Balaban J connectivity index is 2.26. The summed E-state index contributed by atoms with van der Waals surface area (Å²) in [6, 6.07) is 1.96. The average Bonchev–Trinajstić information content (AvgIpc) is 2.64. The van der Waals surface area contributed by atoms with Crippen molar-refractivity contribution in [2.24, 2.45) is 0 Å². The van der Waals surface area contributed by atoms with Crippen LogP contribution in [-0.4, -0.2) is 56.6 Å². The highest BCUT2D eigenvalue weighted by Crippen LogP contribution is 2.38. The standard InChI is InChI=1S/C18H28N2O5/c1-4-25-18(22)20-8-6-14-15(12-20)16(23-2)10-13(17(14)24-3)11-19-7-5-9-21/h10,19,21H,4-9,11-12H2,1-3H3. The monoisotopic (exact) mass is 352 g/mol. The van der Waals surface area contributed by atoms with Crippen molar-refractivity contribution in [2.75, 3.05) is 40.5 Å². The molecule has 0 saturated carbocycles. The number of nitrogens with one attached hydrogen (secondary N) is 1. The van der Waals surface area contributed by atoms with Crippen LogP contribution in [0.4, 0.5) is 4.79 Å². The van der Waals surface area contributed by atoms with Gasteiger partial charge < -0.3 is 29.5 Å². The Morgan fingerprint density at radius 2 is 2.12 bits per heavy atom. The van der Waals surface area contributed by atoms with E-state index in [2.05, 4.69) is 5.32 Å². The number of methoxy groups -OCH3 is 2. The van der Waals surface area contributed by atoms with Crippen molar-refractivity contribution in [3.63, 3.8) is 0 Å². The second-order valence-electron chi connectivity index (χ2n) is 5.85. The van der Waals surface area contributed by atoms with Crippen molar-refractivity contribution in [1.29, 1.82) is 0 Å². The molecule has 7 nitrogen and oxygen atoms in total.